The molecule has 3 rings (SSSR count). The lowest BCUT2D eigenvalue weighted by Crippen LogP contribution is -2.19. The highest BCUT2D eigenvalue weighted by atomic mass is 35.5. The van der Waals surface area contributed by atoms with Gasteiger partial charge in [0.05, 0.1) is 16.6 Å². The predicted molar refractivity (Wildman–Crippen MR) is 101 cm³/mol. The minimum atomic E-state index is -0.358. The molecule has 1 atom stereocenters. The van der Waals surface area contributed by atoms with Crippen molar-refractivity contribution in [3.8, 4) is 0 Å². The third-order valence-corrected chi connectivity index (χ3v) is 4.33. The van der Waals surface area contributed by atoms with Crippen LogP contribution in [0.1, 0.15) is 18.2 Å². The molecule has 0 bridgehead atoms. The summed E-state index contributed by atoms with van der Waals surface area (Å²) >= 11 is 11.8. The van der Waals surface area contributed by atoms with Crippen molar-refractivity contribution < 1.29 is 9.53 Å². The largest absolute Gasteiger partial charge is 0.459 e. The molecule has 3 aromatic rings. The van der Waals surface area contributed by atoms with Gasteiger partial charge in [0.25, 0.3) is 5.56 Å². The molecule has 0 N–H and O–H groups in total. The molecule has 0 aliphatic carbocycles. The zero-order valence-electron chi connectivity index (χ0n) is 14.0. The quantitative estimate of drug-likeness (QED) is 0.619. The molecule has 26 heavy (non-hydrogen) atoms. The van der Waals surface area contributed by atoms with Gasteiger partial charge in [0.15, 0.2) is 0 Å². The highest BCUT2D eigenvalue weighted by molar-refractivity contribution is 6.30. The van der Waals surface area contributed by atoms with E-state index in [-0.39, 0.29) is 24.1 Å². The summed E-state index contributed by atoms with van der Waals surface area (Å²) < 4.78 is 6.65. The number of carbonyl (C=O) groups excluding carboxylic acids is 1. The van der Waals surface area contributed by atoms with Gasteiger partial charge in [-0.05, 0) is 36.2 Å². The van der Waals surface area contributed by atoms with Crippen LogP contribution in [0.5, 0.6) is 0 Å². The summed E-state index contributed by atoms with van der Waals surface area (Å²) in [6.45, 7) is 1.72. The van der Waals surface area contributed by atoms with Gasteiger partial charge in [-0.25, -0.2) is 4.98 Å². The molecular formula is C19H16Cl2N2O3. The Labute approximate surface area is 160 Å². The van der Waals surface area contributed by atoms with Crippen molar-refractivity contribution >= 4 is 34.8 Å². The van der Waals surface area contributed by atoms with Crippen LogP contribution in [0.2, 0.25) is 10.0 Å². The summed E-state index contributed by atoms with van der Waals surface area (Å²) in [5.41, 5.74) is 1.51. The summed E-state index contributed by atoms with van der Waals surface area (Å²) in [4.78, 5) is 28.6. The fourth-order valence-corrected chi connectivity index (χ4v) is 2.96. The van der Waals surface area contributed by atoms with E-state index >= 15 is 0 Å². The average Bonchev–Trinajstić information content (AvgIpc) is 2.60. The SMILES string of the molecule is CC(Cc1cccc(Cl)c1)C(=O)OCc1cc(=O)n2cc(Cl)ccc2n1. The Bertz CT molecular complexity index is 1020. The third kappa shape index (κ3) is 4.42. The maximum absolute atomic E-state index is 12.2. The van der Waals surface area contributed by atoms with Crippen LogP contribution in [-0.2, 0) is 22.6 Å². The molecule has 1 unspecified atom stereocenters. The van der Waals surface area contributed by atoms with Gasteiger partial charge < -0.3 is 4.74 Å². The topological polar surface area (TPSA) is 60.7 Å². The summed E-state index contributed by atoms with van der Waals surface area (Å²) in [5.74, 6) is -0.697. The van der Waals surface area contributed by atoms with E-state index in [4.69, 9.17) is 27.9 Å². The minimum Gasteiger partial charge on any atom is -0.459 e. The molecule has 1 aromatic carbocycles. The molecule has 0 radical (unpaired) electrons. The number of halogens is 2. The van der Waals surface area contributed by atoms with Gasteiger partial charge in [0.2, 0.25) is 0 Å². The molecule has 134 valence electrons. The standard InChI is InChI=1S/C19H16Cl2N2O3/c1-12(7-13-3-2-4-14(20)8-13)19(25)26-11-16-9-18(24)23-10-15(21)5-6-17(23)22-16/h2-6,8-10,12H,7,11H2,1H3. The Hall–Kier alpha value is -2.37. The molecule has 0 saturated heterocycles. The Kier molecular flexibility index (Phi) is 5.59. The lowest BCUT2D eigenvalue weighted by Gasteiger charge is -2.12. The maximum atomic E-state index is 12.2. The second kappa shape index (κ2) is 7.89. The van der Waals surface area contributed by atoms with Crippen molar-refractivity contribution in [2.75, 3.05) is 0 Å². The molecular weight excluding hydrogens is 375 g/mol. The number of fused-ring (bicyclic) bond motifs is 1. The first-order chi connectivity index (χ1) is 12.4. The molecule has 0 saturated carbocycles. The summed E-state index contributed by atoms with van der Waals surface area (Å²) in [6, 6.07) is 12.0. The number of pyridine rings is 1. The minimum absolute atomic E-state index is 0.0624. The van der Waals surface area contributed by atoms with E-state index in [1.54, 1.807) is 25.1 Å². The van der Waals surface area contributed by atoms with Crippen LogP contribution in [0.25, 0.3) is 5.65 Å². The number of carbonyl (C=O) groups is 1. The van der Waals surface area contributed by atoms with E-state index in [0.29, 0.717) is 27.8 Å². The first-order valence-electron chi connectivity index (χ1n) is 8.01. The highest BCUT2D eigenvalue weighted by Crippen LogP contribution is 2.16. The second-order valence-electron chi connectivity index (χ2n) is 6.00. The van der Waals surface area contributed by atoms with Crippen LogP contribution in [0.4, 0.5) is 0 Å². The summed E-state index contributed by atoms with van der Waals surface area (Å²) in [5, 5.41) is 1.07. The molecule has 7 heteroatoms. The van der Waals surface area contributed by atoms with Crippen molar-refractivity contribution in [3.63, 3.8) is 0 Å². The van der Waals surface area contributed by atoms with E-state index in [2.05, 4.69) is 4.98 Å². The van der Waals surface area contributed by atoms with Crippen LogP contribution in [-0.4, -0.2) is 15.4 Å². The van der Waals surface area contributed by atoms with E-state index < -0.39 is 0 Å². The summed E-state index contributed by atoms with van der Waals surface area (Å²) in [7, 11) is 0. The predicted octanol–water partition coefficient (Wildman–Crippen LogP) is 3.92. The van der Waals surface area contributed by atoms with E-state index in [1.807, 2.05) is 18.2 Å². The van der Waals surface area contributed by atoms with Crippen molar-refractivity contribution in [1.82, 2.24) is 9.38 Å². The van der Waals surface area contributed by atoms with E-state index in [0.717, 1.165) is 5.56 Å². The monoisotopic (exact) mass is 390 g/mol. The van der Waals surface area contributed by atoms with Crippen LogP contribution in [0.3, 0.4) is 0 Å². The number of esters is 1. The number of nitrogens with zero attached hydrogens (tertiary/aromatic N) is 2. The number of hydrogen-bond acceptors (Lipinski definition) is 4. The third-order valence-electron chi connectivity index (χ3n) is 3.87. The zero-order chi connectivity index (χ0) is 18.7. The lowest BCUT2D eigenvalue weighted by molar-refractivity contribution is -0.149. The maximum Gasteiger partial charge on any atom is 0.309 e. The molecule has 0 aliphatic heterocycles. The number of ether oxygens (including phenoxy) is 1. The molecule has 2 heterocycles. The van der Waals surface area contributed by atoms with Crippen LogP contribution in [0, 0.1) is 5.92 Å². The Morgan fingerprint density at radius 2 is 2.00 bits per heavy atom. The number of benzene rings is 1. The molecule has 5 nitrogen and oxygen atoms in total. The van der Waals surface area contributed by atoms with Gasteiger partial charge in [-0.3, -0.25) is 14.0 Å². The van der Waals surface area contributed by atoms with Gasteiger partial charge in [0.1, 0.15) is 12.3 Å². The summed E-state index contributed by atoms with van der Waals surface area (Å²) in [6.07, 6.45) is 2.01. The van der Waals surface area contributed by atoms with Crippen LogP contribution in [0.15, 0.2) is 53.5 Å². The fraction of sp³-hybridized carbons (Fsp3) is 0.211. The molecule has 2 aromatic heterocycles. The lowest BCUT2D eigenvalue weighted by atomic mass is 10.0. The number of rotatable bonds is 5. The average molecular weight is 391 g/mol. The Balaban J connectivity index is 1.66. The van der Waals surface area contributed by atoms with Crippen molar-refractivity contribution in [2.24, 2.45) is 5.92 Å². The van der Waals surface area contributed by atoms with Gasteiger partial charge >= 0.3 is 5.97 Å². The Morgan fingerprint density at radius 3 is 2.77 bits per heavy atom. The number of hydrogen-bond donors (Lipinski definition) is 0. The van der Waals surface area contributed by atoms with Gasteiger partial charge in [-0.1, -0.05) is 42.3 Å². The molecule has 0 amide bonds. The molecule has 0 fully saturated rings. The smallest absolute Gasteiger partial charge is 0.309 e. The highest BCUT2D eigenvalue weighted by Gasteiger charge is 2.16. The van der Waals surface area contributed by atoms with Crippen LogP contribution >= 0.6 is 23.2 Å². The fourth-order valence-electron chi connectivity index (χ4n) is 2.59. The van der Waals surface area contributed by atoms with Crippen molar-refractivity contribution in [2.45, 2.75) is 20.0 Å². The molecule has 0 aliphatic rings. The van der Waals surface area contributed by atoms with E-state index in [9.17, 15) is 9.59 Å². The molecule has 0 spiro atoms. The van der Waals surface area contributed by atoms with E-state index in [1.165, 1.54) is 16.7 Å². The van der Waals surface area contributed by atoms with Crippen molar-refractivity contribution in [1.29, 1.82) is 0 Å². The second-order valence-corrected chi connectivity index (χ2v) is 6.88. The zero-order valence-corrected chi connectivity index (χ0v) is 15.5. The van der Waals surface area contributed by atoms with Crippen LogP contribution < -0.4 is 5.56 Å². The Morgan fingerprint density at radius 1 is 1.19 bits per heavy atom. The first kappa shape index (κ1) is 18.4. The number of aromatic nitrogens is 2. The normalized spacial score (nSPS) is 12.1. The first-order valence-corrected chi connectivity index (χ1v) is 8.77. The van der Waals surface area contributed by atoms with Gasteiger partial charge in [0, 0.05) is 17.3 Å². The van der Waals surface area contributed by atoms with Gasteiger partial charge in [-0.2, -0.15) is 0 Å². The van der Waals surface area contributed by atoms with Crippen molar-refractivity contribution in [3.05, 3.63) is 80.3 Å². The van der Waals surface area contributed by atoms with Gasteiger partial charge in [-0.15, -0.1) is 0 Å².